The summed E-state index contributed by atoms with van der Waals surface area (Å²) in [6.07, 6.45) is 5.00. The van der Waals surface area contributed by atoms with Crippen LogP contribution in [0.3, 0.4) is 0 Å². The van der Waals surface area contributed by atoms with Crippen molar-refractivity contribution in [2.24, 2.45) is 7.05 Å². The lowest BCUT2D eigenvalue weighted by Crippen LogP contribution is -2.44. The van der Waals surface area contributed by atoms with E-state index in [9.17, 15) is 4.79 Å². The van der Waals surface area contributed by atoms with Gasteiger partial charge in [-0.2, -0.15) is 4.98 Å². The summed E-state index contributed by atoms with van der Waals surface area (Å²) in [7, 11) is 3.58. The maximum atomic E-state index is 12.2. The predicted octanol–water partition coefficient (Wildman–Crippen LogP) is 3.32. The molecule has 1 aliphatic heterocycles. The lowest BCUT2D eigenvalue weighted by atomic mass is 10.1. The number of rotatable bonds is 7. The van der Waals surface area contributed by atoms with Gasteiger partial charge in [-0.25, -0.2) is 9.97 Å². The molecule has 10 nitrogen and oxygen atoms in total. The number of fused-ring (bicyclic) bond motifs is 1. The van der Waals surface area contributed by atoms with Crippen molar-refractivity contribution in [2.75, 3.05) is 48.8 Å². The maximum absolute atomic E-state index is 12.2. The third kappa shape index (κ3) is 4.58. The molecule has 4 aromatic rings. The van der Waals surface area contributed by atoms with Crippen molar-refractivity contribution in [3.8, 4) is 17.1 Å². The lowest BCUT2D eigenvalue weighted by molar-refractivity contribution is -0.111. The fraction of sp³-hybridized carbons (Fsp3) is 0.231. The topological polar surface area (TPSA) is 109 Å². The molecule has 10 heteroatoms. The standard InChI is InChI=1S/C26H28N8O2/c1-4-23(35)29-20-15-21(25(36-3)32-24(20)34-13-11-27-12-14-34)31-26-28-10-9-19(30-26)18-16-33(2)22-8-6-5-7-17(18)22/h4-10,15-16,27H,1,11-14H2,2-3H3,(H,29,35)(H,28,30,31). The summed E-state index contributed by atoms with van der Waals surface area (Å²) in [6, 6.07) is 11.9. The fourth-order valence-electron chi connectivity index (χ4n) is 4.36. The van der Waals surface area contributed by atoms with Gasteiger partial charge in [0.2, 0.25) is 17.7 Å². The maximum Gasteiger partial charge on any atom is 0.247 e. The number of para-hydroxylation sites is 1. The number of anilines is 4. The predicted molar refractivity (Wildman–Crippen MR) is 142 cm³/mol. The molecule has 4 heterocycles. The van der Waals surface area contributed by atoms with Crippen LogP contribution in [0.2, 0.25) is 0 Å². The number of carbonyl (C=O) groups is 1. The Morgan fingerprint density at radius 1 is 1.17 bits per heavy atom. The van der Waals surface area contributed by atoms with Gasteiger partial charge < -0.3 is 30.2 Å². The average molecular weight is 485 g/mol. The highest BCUT2D eigenvalue weighted by Gasteiger charge is 2.21. The molecule has 0 bridgehead atoms. The van der Waals surface area contributed by atoms with Crippen molar-refractivity contribution in [3.63, 3.8) is 0 Å². The Bertz CT molecular complexity index is 1420. The second-order valence-electron chi connectivity index (χ2n) is 8.41. The highest BCUT2D eigenvalue weighted by atomic mass is 16.5. The Labute approximate surface area is 209 Å². The van der Waals surface area contributed by atoms with Gasteiger partial charge >= 0.3 is 0 Å². The number of hydrogen-bond acceptors (Lipinski definition) is 8. The summed E-state index contributed by atoms with van der Waals surface area (Å²) < 4.78 is 7.68. The van der Waals surface area contributed by atoms with Crippen LogP contribution in [0.15, 0.2) is 61.4 Å². The number of hydrogen-bond donors (Lipinski definition) is 3. The van der Waals surface area contributed by atoms with Crippen LogP contribution < -0.4 is 25.6 Å². The number of amides is 1. The zero-order valence-corrected chi connectivity index (χ0v) is 20.3. The van der Waals surface area contributed by atoms with Crippen LogP contribution in [-0.2, 0) is 11.8 Å². The number of benzene rings is 1. The molecule has 0 radical (unpaired) electrons. The van der Waals surface area contributed by atoms with Crippen molar-refractivity contribution in [1.82, 2.24) is 24.8 Å². The van der Waals surface area contributed by atoms with Crippen LogP contribution in [-0.4, -0.2) is 58.7 Å². The minimum Gasteiger partial charge on any atom is -0.479 e. The van der Waals surface area contributed by atoms with Crippen molar-refractivity contribution < 1.29 is 9.53 Å². The van der Waals surface area contributed by atoms with Gasteiger partial charge in [-0.1, -0.05) is 24.8 Å². The quantitative estimate of drug-likeness (QED) is 0.343. The molecule has 0 atom stereocenters. The molecular weight excluding hydrogens is 456 g/mol. The summed E-state index contributed by atoms with van der Waals surface area (Å²) in [5.41, 5.74) is 4.00. The van der Waals surface area contributed by atoms with E-state index >= 15 is 0 Å². The minimum absolute atomic E-state index is 0.321. The third-order valence-electron chi connectivity index (χ3n) is 6.10. The van der Waals surface area contributed by atoms with Crippen molar-refractivity contribution in [1.29, 1.82) is 0 Å². The largest absolute Gasteiger partial charge is 0.479 e. The smallest absolute Gasteiger partial charge is 0.247 e. The number of aryl methyl sites for hydroxylation is 1. The van der Waals surface area contributed by atoms with E-state index in [1.54, 1.807) is 19.4 Å². The molecule has 0 spiro atoms. The summed E-state index contributed by atoms with van der Waals surface area (Å²) in [5, 5.41) is 10.5. The summed E-state index contributed by atoms with van der Waals surface area (Å²) in [4.78, 5) is 28.2. The van der Waals surface area contributed by atoms with E-state index < -0.39 is 0 Å². The van der Waals surface area contributed by atoms with Crippen molar-refractivity contribution in [2.45, 2.75) is 0 Å². The average Bonchev–Trinajstić information content (AvgIpc) is 3.26. The van der Waals surface area contributed by atoms with E-state index in [0.29, 0.717) is 29.0 Å². The molecule has 1 fully saturated rings. The highest BCUT2D eigenvalue weighted by Crippen LogP contribution is 2.35. The first-order valence-corrected chi connectivity index (χ1v) is 11.7. The molecule has 3 N–H and O–H groups in total. The summed E-state index contributed by atoms with van der Waals surface area (Å²) in [5.74, 6) is 1.08. The van der Waals surface area contributed by atoms with Crippen LogP contribution >= 0.6 is 0 Å². The Balaban J connectivity index is 1.52. The van der Waals surface area contributed by atoms with Gasteiger partial charge in [-0.05, 0) is 24.3 Å². The number of aromatic nitrogens is 4. The van der Waals surface area contributed by atoms with Crippen LogP contribution in [0.5, 0.6) is 5.88 Å². The molecule has 1 saturated heterocycles. The molecule has 1 amide bonds. The van der Waals surface area contributed by atoms with E-state index in [-0.39, 0.29) is 5.91 Å². The molecule has 0 saturated carbocycles. The van der Waals surface area contributed by atoms with Gasteiger partial charge in [0.15, 0.2) is 5.82 Å². The van der Waals surface area contributed by atoms with E-state index in [2.05, 4.69) is 55.3 Å². The van der Waals surface area contributed by atoms with E-state index in [4.69, 9.17) is 14.7 Å². The van der Waals surface area contributed by atoms with Gasteiger partial charge in [0.1, 0.15) is 5.69 Å². The SMILES string of the molecule is C=CC(=O)Nc1cc(Nc2nccc(-c3cn(C)c4ccccc34)n2)c(OC)nc1N1CCNCC1. The monoisotopic (exact) mass is 484 g/mol. The zero-order chi connectivity index (χ0) is 25.1. The second-order valence-corrected chi connectivity index (χ2v) is 8.41. The number of pyridine rings is 1. The first kappa shape index (κ1) is 23.3. The Hall–Kier alpha value is -4.44. The number of piperazine rings is 1. The normalized spacial score (nSPS) is 13.4. The minimum atomic E-state index is -0.321. The summed E-state index contributed by atoms with van der Waals surface area (Å²) >= 11 is 0. The molecule has 5 rings (SSSR count). The molecule has 3 aromatic heterocycles. The molecule has 0 aliphatic carbocycles. The van der Waals surface area contributed by atoms with E-state index in [1.807, 2.05) is 25.2 Å². The van der Waals surface area contributed by atoms with E-state index in [1.165, 1.54) is 6.08 Å². The molecule has 0 unspecified atom stereocenters. The van der Waals surface area contributed by atoms with Crippen LogP contribution in [0, 0.1) is 0 Å². The first-order valence-electron chi connectivity index (χ1n) is 11.7. The van der Waals surface area contributed by atoms with Crippen LogP contribution in [0.4, 0.5) is 23.1 Å². The molecule has 1 aromatic carbocycles. The van der Waals surface area contributed by atoms with Gasteiger partial charge in [-0.15, -0.1) is 0 Å². The number of ether oxygens (including phenoxy) is 1. The summed E-state index contributed by atoms with van der Waals surface area (Å²) in [6.45, 7) is 6.74. The van der Waals surface area contributed by atoms with Crippen molar-refractivity contribution >= 4 is 40.0 Å². The number of methoxy groups -OCH3 is 1. The van der Waals surface area contributed by atoms with Crippen molar-refractivity contribution in [3.05, 3.63) is 61.4 Å². The fourth-order valence-corrected chi connectivity index (χ4v) is 4.36. The molecule has 36 heavy (non-hydrogen) atoms. The number of nitrogens with one attached hydrogen (secondary N) is 3. The Kier molecular flexibility index (Phi) is 6.50. The highest BCUT2D eigenvalue weighted by molar-refractivity contribution is 6.01. The zero-order valence-electron chi connectivity index (χ0n) is 20.3. The Morgan fingerprint density at radius 2 is 1.97 bits per heavy atom. The van der Waals surface area contributed by atoms with Gasteiger partial charge in [0.25, 0.3) is 0 Å². The number of carbonyl (C=O) groups excluding carboxylic acids is 1. The molecule has 184 valence electrons. The number of nitrogens with zero attached hydrogens (tertiary/aromatic N) is 5. The first-order chi connectivity index (χ1) is 17.6. The Morgan fingerprint density at radius 3 is 2.75 bits per heavy atom. The lowest BCUT2D eigenvalue weighted by Gasteiger charge is -2.30. The van der Waals surface area contributed by atoms with Crippen LogP contribution in [0.25, 0.3) is 22.2 Å². The molecule has 1 aliphatic rings. The second kappa shape index (κ2) is 10.0. The third-order valence-corrected chi connectivity index (χ3v) is 6.10. The molecular formula is C26H28N8O2. The van der Waals surface area contributed by atoms with Gasteiger partial charge in [-0.3, -0.25) is 4.79 Å². The van der Waals surface area contributed by atoms with Gasteiger partial charge in [0, 0.05) is 62.1 Å². The van der Waals surface area contributed by atoms with Crippen LogP contribution in [0.1, 0.15) is 0 Å². The van der Waals surface area contributed by atoms with E-state index in [0.717, 1.165) is 48.3 Å². The van der Waals surface area contributed by atoms with Gasteiger partial charge in [0.05, 0.1) is 18.5 Å².